The SMILES string of the molecule is CN=C(NCc1csc(C(C)C)n1)NCc1ccc(Cl)cc1Cl. The van der Waals surface area contributed by atoms with Gasteiger partial charge in [-0.05, 0) is 17.7 Å². The molecule has 2 aromatic rings. The van der Waals surface area contributed by atoms with E-state index in [-0.39, 0.29) is 0 Å². The van der Waals surface area contributed by atoms with Gasteiger partial charge in [0.15, 0.2) is 5.96 Å². The van der Waals surface area contributed by atoms with Crippen molar-refractivity contribution in [2.24, 2.45) is 4.99 Å². The normalized spacial score (nSPS) is 11.8. The van der Waals surface area contributed by atoms with Crippen molar-refractivity contribution in [1.29, 1.82) is 0 Å². The lowest BCUT2D eigenvalue weighted by atomic mass is 10.2. The van der Waals surface area contributed by atoms with Crippen molar-refractivity contribution in [1.82, 2.24) is 15.6 Å². The van der Waals surface area contributed by atoms with Crippen LogP contribution in [-0.2, 0) is 13.1 Å². The third kappa shape index (κ3) is 5.37. The molecule has 23 heavy (non-hydrogen) atoms. The zero-order valence-electron chi connectivity index (χ0n) is 13.4. The second kappa shape index (κ2) is 8.52. The van der Waals surface area contributed by atoms with E-state index in [0.29, 0.717) is 35.0 Å². The molecule has 0 fully saturated rings. The van der Waals surface area contributed by atoms with Crippen LogP contribution in [0.2, 0.25) is 10.0 Å². The average Bonchev–Trinajstić information content (AvgIpc) is 2.98. The summed E-state index contributed by atoms with van der Waals surface area (Å²) < 4.78 is 0. The highest BCUT2D eigenvalue weighted by atomic mass is 35.5. The molecule has 2 N–H and O–H groups in total. The highest BCUT2D eigenvalue weighted by Gasteiger charge is 2.07. The number of benzene rings is 1. The van der Waals surface area contributed by atoms with Crippen LogP contribution in [0.5, 0.6) is 0 Å². The Kier molecular flexibility index (Phi) is 6.69. The van der Waals surface area contributed by atoms with Crippen LogP contribution in [0.15, 0.2) is 28.6 Å². The fourth-order valence-corrected chi connectivity index (χ4v) is 3.22. The maximum absolute atomic E-state index is 6.17. The largest absolute Gasteiger partial charge is 0.352 e. The van der Waals surface area contributed by atoms with Gasteiger partial charge in [0.1, 0.15) is 0 Å². The van der Waals surface area contributed by atoms with Gasteiger partial charge in [0.2, 0.25) is 0 Å². The van der Waals surface area contributed by atoms with Crippen molar-refractivity contribution in [3.8, 4) is 0 Å². The summed E-state index contributed by atoms with van der Waals surface area (Å²) in [6, 6.07) is 5.46. The molecular weight excluding hydrogens is 351 g/mol. The van der Waals surface area contributed by atoms with Gasteiger partial charge in [0.25, 0.3) is 0 Å². The Labute approximate surface area is 151 Å². The Morgan fingerprint density at radius 3 is 2.61 bits per heavy atom. The molecule has 0 bridgehead atoms. The summed E-state index contributed by atoms with van der Waals surface area (Å²) >= 11 is 13.8. The third-order valence-electron chi connectivity index (χ3n) is 3.19. The number of hydrogen-bond donors (Lipinski definition) is 2. The van der Waals surface area contributed by atoms with Gasteiger partial charge in [0, 0.05) is 34.9 Å². The van der Waals surface area contributed by atoms with Crippen molar-refractivity contribution >= 4 is 40.5 Å². The first-order valence-electron chi connectivity index (χ1n) is 7.32. The van der Waals surface area contributed by atoms with Crippen molar-refractivity contribution in [3.05, 3.63) is 49.9 Å². The summed E-state index contributed by atoms with van der Waals surface area (Å²) in [5, 5.41) is 11.0. The summed E-state index contributed by atoms with van der Waals surface area (Å²) in [5.41, 5.74) is 1.99. The predicted octanol–water partition coefficient (Wildman–Crippen LogP) is 4.44. The fourth-order valence-electron chi connectivity index (χ4n) is 1.91. The molecule has 0 amide bonds. The van der Waals surface area contributed by atoms with Crippen LogP contribution in [0.25, 0.3) is 0 Å². The molecule has 4 nitrogen and oxygen atoms in total. The highest BCUT2D eigenvalue weighted by molar-refractivity contribution is 7.09. The lowest BCUT2D eigenvalue weighted by molar-refractivity contribution is 0.783. The van der Waals surface area contributed by atoms with Crippen LogP contribution >= 0.6 is 34.5 Å². The van der Waals surface area contributed by atoms with Crippen molar-refractivity contribution in [2.45, 2.75) is 32.9 Å². The maximum atomic E-state index is 6.17. The van der Waals surface area contributed by atoms with Crippen LogP contribution in [0, 0.1) is 0 Å². The molecule has 7 heteroatoms. The number of nitrogens with one attached hydrogen (secondary N) is 2. The lowest BCUT2D eigenvalue weighted by Gasteiger charge is -2.12. The quantitative estimate of drug-likeness (QED) is 0.604. The monoisotopic (exact) mass is 370 g/mol. The second-order valence-corrected chi connectivity index (χ2v) is 7.08. The van der Waals surface area contributed by atoms with E-state index >= 15 is 0 Å². The van der Waals surface area contributed by atoms with Crippen LogP contribution in [-0.4, -0.2) is 18.0 Å². The van der Waals surface area contributed by atoms with Crippen LogP contribution in [0.1, 0.15) is 36.0 Å². The van der Waals surface area contributed by atoms with E-state index in [4.69, 9.17) is 23.2 Å². The van der Waals surface area contributed by atoms with Crippen molar-refractivity contribution in [2.75, 3.05) is 7.05 Å². The van der Waals surface area contributed by atoms with Gasteiger partial charge >= 0.3 is 0 Å². The van der Waals surface area contributed by atoms with Gasteiger partial charge in [-0.3, -0.25) is 4.99 Å². The standard InChI is InChI=1S/C16H20Cl2N4S/c1-10(2)15-22-13(9-23-15)8-21-16(19-3)20-7-11-4-5-12(17)6-14(11)18/h4-6,9-10H,7-8H2,1-3H3,(H2,19,20,21). The second-order valence-electron chi connectivity index (χ2n) is 5.35. The molecule has 1 heterocycles. The smallest absolute Gasteiger partial charge is 0.191 e. The van der Waals surface area contributed by atoms with Gasteiger partial charge in [-0.15, -0.1) is 11.3 Å². The number of halogens is 2. The van der Waals surface area contributed by atoms with Gasteiger partial charge in [-0.2, -0.15) is 0 Å². The molecule has 2 rings (SSSR count). The number of aromatic nitrogens is 1. The van der Waals surface area contributed by atoms with Crippen LogP contribution in [0.3, 0.4) is 0 Å². The zero-order chi connectivity index (χ0) is 16.8. The van der Waals surface area contributed by atoms with E-state index in [1.54, 1.807) is 24.5 Å². The van der Waals surface area contributed by atoms with Crippen LogP contribution < -0.4 is 10.6 Å². The molecule has 0 saturated heterocycles. The molecule has 0 radical (unpaired) electrons. The minimum atomic E-state index is 0.457. The highest BCUT2D eigenvalue weighted by Crippen LogP contribution is 2.21. The molecule has 0 saturated carbocycles. The number of hydrogen-bond acceptors (Lipinski definition) is 3. The fraction of sp³-hybridized carbons (Fsp3) is 0.375. The summed E-state index contributed by atoms with van der Waals surface area (Å²) in [4.78, 5) is 8.80. The molecule has 0 atom stereocenters. The summed E-state index contributed by atoms with van der Waals surface area (Å²) in [6.45, 7) is 5.50. The third-order valence-corrected chi connectivity index (χ3v) is 4.97. The van der Waals surface area contributed by atoms with Crippen molar-refractivity contribution < 1.29 is 0 Å². The number of guanidine groups is 1. The first kappa shape index (κ1) is 18.0. The molecule has 0 spiro atoms. The van der Waals surface area contributed by atoms with E-state index in [1.807, 2.05) is 12.1 Å². The molecule has 0 unspecified atom stereocenters. The Morgan fingerprint density at radius 2 is 2.00 bits per heavy atom. The van der Waals surface area contributed by atoms with E-state index < -0.39 is 0 Å². The first-order chi connectivity index (χ1) is 11.0. The van der Waals surface area contributed by atoms with E-state index in [0.717, 1.165) is 16.3 Å². The number of rotatable bonds is 5. The van der Waals surface area contributed by atoms with Crippen LogP contribution in [0.4, 0.5) is 0 Å². The van der Waals surface area contributed by atoms with Crippen molar-refractivity contribution in [3.63, 3.8) is 0 Å². The topological polar surface area (TPSA) is 49.3 Å². The maximum Gasteiger partial charge on any atom is 0.191 e. The molecule has 124 valence electrons. The summed E-state index contributed by atoms with van der Waals surface area (Å²) in [7, 11) is 1.74. The molecule has 1 aromatic carbocycles. The first-order valence-corrected chi connectivity index (χ1v) is 8.96. The number of nitrogens with zero attached hydrogens (tertiary/aromatic N) is 2. The predicted molar refractivity (Wildman–Crippen MR) is 99.7 cm³/mol. The van der Waals surface area contributed by atoms with Gasteiger partial charge in [-0.25, -0.2) is 4.98 Å². The molecular formula is C16H20Cl2N4S. The molecule has 1 aromatic heterocycles. The Bertz CT molecular complexity index is 682. The van der Waals surface area contributed by atoms with E-state index in [9.17, 15) is 0 Å². The minimum Gasteiger partial charge on any atom is -0.352 e. The number of thiazole rings is 1. The average molecular weight is 371 g/mol. The Hall–Kier alpha value is -1.30. The molecule has 0 aliphatic rings. The van der Waals surface area contributed by atoms with Gasteiger partial charge in [0.05, 0.1) is 17.2 Å². The molecule has 0 aliphatic carbocycles. The summed E-state index contributed by atoms with van der Waals surface area (Å²) in [6.07, 6.45) is 0. The Morgan fingerprint density at radius 1 is 1.26 bits per heavy atom. The van der Waals surface area contributed by atoms with Gasteiger partial charge in [-0.1, -0.05) is 43.1 Å². The Balaban J connectivity index is 1.88. The lowest BCUT2D eigenvalue weighted by Crippen LogP contribution is -2.36. The van der Waals surface area contributed by atoms with E-state index in [2.05, 4.69) is 39.8 Å². The minimum absolute atomic E-state index is 0.457. The zero-order valence-corrected chi connectivity index (χ0v) is 15.7. The number of aliphatic imine (C=N–C) groups is 1. The van der Waals surface area contributed by atoms with E-state index in [1.165, 1.54) is 0 Å². The van der Waals surface area contributed by atoms with Gasteiger partial charge < -0.3 is 10.6 Å². The summed E-state index contributed by atoms with van der Waals surface area (Å²) in [5.74, 6) is 1.16. The molecule has 0 aliphatic heterocycles.